The van der Waals surface area contributed by atoms with Gasteiger partial charge >= 0.3 is 5.97 Å². The first-order valence-electron chi connectivity index (χ1n) is 12.4. The number of ether oxygens (including phenoxy) is 3. The number of esters is 1. The van der Waals surface area contributed by atoms with Crippen LogP contribution >= 0.6 is 27.3 Å². The Kier molecular flexibility index (Phi) is 8.14. The van der Waals surface area contributed by atoms with Gasteiger partial charge in [-0.05, 0) is 48.9 Å². The van der Waals surface area contributed by atoms with Crippen molar-refractivity contribution in [1.29, 1.82) is 0 Å². The van der Waals surface area contributed by atoms with Gasteiger partial charge in [0.05, 0.1) is 37.6 Å². The molecule has 2 heterocycles. The Morgan fingerprint density at radius 2 is 1.73 bits per heavy atom. The number of nitrogens with one attached hydrogen (secondary N) is 1. The quantitative estimate of drug-likeness (QED) is 0.179. The number of carbonyl (C=O) groups is 2. The molecule has 5 rings (SSSR count). The number of anilines is 1. The van der Waals surface area contributed by atoms with Crippen LogP contribution in [-0.4, -0.2) is 37.7 Å². The number of amides is 1. The molecule has 5 aromatic rings. The summed E-state index contributed by atoms with van der Waals surface area (Å²) < 4.78 is 17.2. The lowest BCUT2D eigenvalue weighted by molar-refractivity contribution is 0.0529. The number of carbonyl (C=O) groups excluding carboxylic acids is 2. The first-order valence-corrected chi connectivity index (χ1v) is 14.1. The zero-order valence-electron chi connectivity index (χ0n) is 22.0. The summed E-state index contributed by atoms with van der Waals surface area (Å²) in [5.74, 6) is 0.336. The summed E-state index contributed by atoms with van der Waals surface area (Å²) in [6.07, 6.45) is 0. The third kappa shape index (κ3) is 5.43. The Morgan fingerprint density at radius 1 is 0.950 bits per heavy atom. The van der Waals surface area contributed by atoms with E-state index < -0.39 is 5.97 Å². The second-order valence-corrected chi connectivity index (χ2v) is 10.5. The van der Waals surface area contributed by atoms with Crippen molar-refractivity contribution in [3.8, 4) is 33.9 Å². The van der Waals surface area contributed by atoms with Gasteiger partial charge in [0, 0.05) is 32.4 Å². The van der Waals surface area contributed by atoms with E-state index >= 15 is 0 Å². The van der Waals surface area contributed by atoms with Crippen LogP contribution in [0, 0.1) is 0 Å². The molecule has 1 amide bonds. The predicted molar refractivity (Wildman–Crippen MR) is 162 cm³/mol. The maximum Gasteiger partial charge on any atom is 0.341 e. The van der Waals surface area contributed by atoms with E-state index in [-0.39, 0.29) is 12.5 Å². The highest BCUT2D eigenvalue weighted by Crippen LogP contribution is 2.38. The van der Waals surface area contributed by atoms with Crippen molar-refractivity contribution in [3.63, 3.8) is 0 Å². The van der Waals surface area contributed by atoms with Crippen molar-refractivity contribution in [2.45, 2.75) is 6.92 Å². The molecule has 0 aliphatic rings. The van der Waals surface area contributed by atoms with E-state index in [0.29, 0.717) is 55.4 Å². The Morgan fingerprint density at radius 3 is 2.45 bits per heavy atom. The van der Waals surface area contributed by atoms with Crippen LogP contribution in [0.25, 0.3) is 33.3 Å². The fraction of sp³-hybridized carbons (Fsp3) is 0.129. The van der Waals surface area contributed by atoms with Crippen LogP contribution in [0.5, 0.6) is 11.5 Å². The summed E-state index contributed by atoms with van der Waals surface area (Å²) in [6, 6.07) is 22.2. The zero-order chi connectivity index (χ0) is 28.2. The van der Waals surface area contributed by atoms with Crippen LogP contribution in [0.4, 0.5) is 5.00 Å². The fourth-order valence-electron chi connectivity index (χ4n) is 4.38. The molecule has 3 aromatic carbocycles. The van der Waals surface area contributed by atoms with Gasteiger partial charge in [-0.3, -0.25) is 4.79 Å². The molecule has 40 heavy (non-hydrogen) atoms. The number of nitrogens with zero attached hydrogens (tertiary/aromatic N) is 1. The molecule has 0 unspecified atom stereocenters. The molecule has 0 aliphatic heterocycles. The predicted octanol–water partition coefficient (Wildman–Crippen LogP) is 7.84. The summed E-state index contributed by atoms with van der Waals surface area (Å²) >= 11 is 4.72. The minimum atomic E-state index is -0.500. The molecule has 1 N–H and O–H groups in total. The number of pyridine rings is 1. The summed E-state index contributed by atoms with van der Waals surface area (Å²) in [7, 11) is 3.16. The number of halogens is 1. The zero-order valence-corrected chi connectivity index (χ0v) is 24.4. The van der Waals surface area contributed by atoms with E-state index in [1.165, 1.54) is 11.3 Å². The number of hydrogen-bond donors (Lipinski definition) is 1. The van der Waals surface area contributed by atoms with Crippen LogP contribution in [0.15, 0.2) is 82.6 Å². The second kappa shape index (κ2) is 11.9. The standard InChI is InChI=1S/C31H25BrN2O5S/c1-4-39-31(36)28-24(18-9-11-19(32)12-10-18)17-40-30(28)34-29(35)23-16-26(33-25-8-6-5-7-21(23)25)22-14-13-20(37-2)15-27(22)38-3/h5-17H,4H2,1-3H3,(H,34,35). The van der Waals surface area contributed by atoms with Crippen molar-refractivity contribution in [1.82, 2.24) is 4.98 Å². The van der Waals surface area contributed by atoms with Gasteiger partial charge in [-0.1, -0.05) is 46.3 Å². The number of thiophene rings is 1. The van der Waals surface area contributed by atoms with Crippen molar-refractivity contribution in [2.24, 2.45) is 0 Å². The summed E-state index contributed by atoms with van der Waals surface area (Å²) in [6.45, 7) is 1.96. The van der Waals surface area contributed by atoms with Crippen LogP contribution in [-0.2, 0) is 4.74 Å². The first-order chi connectivity index (χ1) is 19.4. The number of benzene rings is 3. The maximum atomic E-state index is 13.8. The molecule has 0 saturated carbocycles. The minimum Gasteiger partial charge on any atom is -0.497 e. The van der Waals surface area contributed by atoms with E-state index in [0.717, 1.165) is 10.0 Å². The third-order valence-electron chi connectivity index (χ3n) is 6.30. The molecule has 0 fully saturated rings. The highest BCUT2D eigenvalue weighted by Gasteiger charge is 2.24. The lowest BCUT2D eigenvalue weighted by atomic mass is 10.0. The van der Waals surface area contributed by atoms with Gasteiger partial charge in [-0.15, -0.1) is 11.3 Å². The molecule has 0 bridgehead atoms. The molecule has 0 spiro atoms. The van der Waals surface area contributed by atoms with Crippen molar-refractivity contribution in [2.75, 3.05) is 26.1 Å². The summed E-state index contributed by atoms with van der Waals surface area (Å²) in [5.41, 5.74) is 4.18. The van der Waals surface area contributed by atoms with E-state index in [9.17, 15) is 9.59 Å². The molecule has 0 atom stereocenters. The highest BCUT2D eigenvalue weighted by molar-refractivity contribution is 9.10. The molecular formula is C31H25BrN2O5S. The Balaban J connectivity index is 1.59. The minimum absolute atomic E-state index is 0.212. The van der Waals surface area contributed by atoms with E-state index in [2.05, 4.69) is 21.2 Å². The van der Waals surface area contributed by atoms with Gasteiger partial charge in [0.1, 0.15) is 22.1 Å². The average Bonchev–Trinajstić information content (AvgIpc) is 3.40. The van der Waals surface area contributed by atoms with E-state index in [1.807, 2.05) is 66.0 Å². The molecule has 2 aromatic heterocycles. The van der Waals surface area contributed by atoms with Gasteiger partial charge in [-0.2, -0.15) is 0 Å². The molecule has 0 radical (unpaired) electrons. The fourth-order valence-corrected chi connectivity index (χ4v) is 5.60. The van der Waals surface area contributed by atoms with Gasteiger partial charge in [0.15, 0.2) is 0 Å². The average molecular weight is 618 g/mol. The molecule has 0 aliphatic carbocycles. The third-order valence-corrected chi connectivity index (χ3v) is 7.72. The Bertz CT molecular complexity index is 1720. The first kappa shape index (κ1) is 27.4. The largest absolute Gasteiger partial charge is 0.497 e. The summed E-state index contributed by atoms with van der Waals surface area (Å²) in [4.78, 5) is 31.7. The van der Waals surface area contributed by atoms with E-state index in [1.54, 1.807) is 33.3 Å². The smallest absolute Gasteiger partial charge is 0.341 e. The Labute approximate surface area is 243 Å². The van der Waals surface area contributed by atoms with Gasteiger partial charge in [-0.25, -0.2) is 9.78 Å². The van der Waals surface area contributed by atoms with Crippen LogP contribution in [0.3, 0.4) is 0 Å². The summed E-state index contributed by atoms with van der Waals surface area (Å²) in [5, 5.41) is 5.91. The van der Waals surface area contributed by atoms with Crippen molar-refractivity contribution in [3.05, 3.63) is 93.8 Å². The number of fused-ring (bicyclic) bond motifs is 1. The van der Waals surface area contributed by atoms with Crippen molar-refractivity contribution < 1.29 is 23.8 Å². The SMILES string of the molecule is CCOC(=O)c1c(-c2ccc(Br)cc2)csc1NC(=O)c1cc(-c2ccc(OC)cc2OC)nc2ccccc12. The molecule has 9 heteroatoms. The van der Waals surface area contributed by atoms with Crippen LogP contribution in [0.1, 0.15) is 27.6 Å². The normalized spacial score (nSPS) is 10.8. The number of rotatable bonds is 8. The molecular weight excluding hydrogens is 592 g/mol. The monoisotopic (exact) mass is 616 g/mol. The molecule has 0 saturated heterocycles. The highest BCUT2D eigenvalue weighted by atomic mass is 79.9. The maximum absolute atomic E-state index is 13.8. The number of methoxy groups -OCH3 is 2. The lowest BCUT2D eigenvalue weighted by Crippen LogP contribution is -2.15. The van der Waals surface area contributed by atoms with Crippen LogP contribution in [0.2, 0.25) is 0 Å². The number of aromatic nitrogens is 1. The van der Waals surface area contributed by atoms with Gasteiger partial charge in [0.25, 0.3) is 5.91 Å². The number of para-hydroxylation sites is 1. The second-order valence-electron chi connectivity index (χ2n) is 8.67. The number of hydrogen-bond acceptors (Lipinski definition) is 7. The van der Waals surface area contributed by atoms with Gasteiger partial charge < -0.3 is 19.5 Å². The van der Waals surface area contributed by atoms with E-state index in [4.69, 9.17) is 19.2 Å². The molecule has 7 nitrogen and oxygen atoms in total. The molecule has 202 valence electrons. The van der Waals surface area contributed by atoms with Crippen molar-refractivity contribution >= 4 is 55.0 Å². The lowest BCUT2D eigenvalue weighted by Gasteiger charge is -2.14. The topological polar surface area (TPSA) is 86.8 Å². The van der Waals surface area contributed by atoms with Crippen LogP contribution < -0.4 is 14.8 Å². The Hall–Kier alpha value is -4.21. The van der Waals surface area contributed by atoms with Gasteiger partial charge in [0.2, 0.25) is 0 Å².